The summed E-state index contributed by atoms with van der Waals surface area (Å²) < 4.78 is 16.6. The Labute approximate surface area is 196 Å². The van der Waals surface area contributed by atoms with Crippen LogP contribution >= 0.6 is 0 Å². The van der Waals surface area contributed by atoms with E-state index in [0.717, 1.165) is 33.2 Å². The van der Waals surface area contributed by atoms with E-state index >= 15 is 0 Å². The predicted molar refractivity (Wildman–Crippen MR) is 132 cm³/mol. The standard InChI is InChI=1S/C15H17NO4.C11H11NO2/c1-4-20-15(18)9-16-13-8-11(19-3)5-6-12(13)10(2)7-14(16)17;1-7-5-11(13)12-10-6-8(14-2)3-4-9(7)10/h5-8H,4,9H2,1-3H3;3-6H,1-2H3,(H,12,13). The summed E-state index contributed by atoms with van der Waals surface area (Å²) in [5.41, 5.74) is 3.02. The molecule has 0 amide bonds. The number of hydrogen-bond acceptors (Lipinski definition) is 6. The number of aryl methyl sites for hydroxylation is 2. The molecule has 0 aliphatic rings. The summed E-state index contributed by atoms with van der Waals surface area (Å²) in [5.74, 6) is 0.960. The number of ether oxygens (including phenoxy) is 3. The van der Waals surface area contributed by atoms with E-state index < -0.39 is 5.97 Å². The van der Waals surface area contributed by atoms with Gasteiger partial charge in [-0.3, -0.25) is 19.0 Å². The van der Waals surface area contributed by atoms with Gasteiger partial charge in [-0.25, -0.2) is 0 Å². The van der Waals surface area contributed by atoms with Gasteiger partial charge in [-0.1, -0.05) is 0 Å². The van der Waals surface area contributed by atoms with Crippen molar-refractivity contribution < 1.29 is 19.0 Å². The Morgan fingerprint density at radius 3 is 2.15 bits per heavy atom. The molecule has 0 saturated carbocycles. The number of methoxy groups -OCH3 is 2. The number of benzene rings is 2. The third-order valence-electron chi connectivity index (χ3n) is 5.38. The number of aromatic amines is 1. The number of nitrogens with zero attached hydrogens (tertiary/aromatic N) is 1. The van der Waals surface area contributed by atoms with Crippen LogP contribution in [0.25, 0.3) is 21.8 Å². The molecule has 0 bridgehead atoms. The number of esters is 1. The van der Waals surface area contributed by atoms with Crippen molar-refractivity contribution in [2.75, 3.05) is 20.8 Å². The van der Waals surface area contributed by atoms with Crippen LogP contribution in [0.3, 0.4) is 0 Å². The smallest absolute Gasteiger partial charge is 0.326 e. The molecule has 0 spiro atoms. The van der Waals surface area contributed by atoms with Crippen LogP contribution in [0.1, 0.15) is 18.1 Å². The van der Waals surface area contributed by atoms with Crippen molar-refractivity contribution >= 4 is 27.8 Å². The summed E-state index contributed by atoms with van der Waals surface area (Å²) in [5, 5.41) is 1.96. The minimum atomic E-state index is -0.428. The van der Waals surface area contributed by atoms with Gasteiger partial charge in [0.15, 0.2) is 0 Å². The second-order valence-electron chi connectivity index (χ2n) is 7.67. The van der Waals surface area contributed by atoms with Gasteiger partial charge in [-0.05, 0) is 56.2 Å². The molecule has 0 aliphatic carbocycles. The number of pyridine rings is 2. The highest BCUT2D eigenvalue weighted by Crippen LogP contribution is 2.22. The van der Waals surface area contributed by atoms with Crippen LogP contribution in [0.5, 0.6) is 11.5 Å². The van der Waals surface area contributed by atoms with Crippen molar-refractivity contribution in [2.24, 2.45) is 0 Å². The maximum Gasteiger partial charge on any atom is 0.326 e. The molecule has 8 nitrogen and oxygen atoms in total. The second-order valence-corrected chi connectivity index (χ2v) is 7.67. The van der Waals surface area contributed by atoms with Crippen LogP contribution in [0.4, 0.5) is 0 Å². The fourth-order valence-electron chi connectivity index (χ4n) is 3.69. The lowest BCUT2D eigenvalue weighted by Gasteiger charge is -2.12. The Morgan fingerprint density at radius 2 is 1.50 bits per heavy atom. The van der Waals surface area contributed by atoms with Gasteiger partial charge in [0.25, 0.3) is 5.56 Å². The van der Waals surface area contributed by atoms with E-state index in [1.54, 1.807) is 33.3 Å². The Balaban J connectivity index is 0.000000202. The van der Waals surface area contributed by atoms with E-state index in [9.17, 15) is 14.4 Å². The lowest BCUT2D eigenvalue weighted by atomic mass is 10.1. The highest BCUT2D eigenvalue weighted by Gasteiger charge is 2.11. The predicted octanol–water partition coefficient (Wildman–Crippen LogP) is 3.73. The molecule has 2 aromatic carbocycles. The minimum Gasteiger partial charge on any atom is -0.497 e. The lowest BCUT2D eigenvalue weighted by Crippen LogP contribution is -2.25. The van der Waals surface area contributed by atoms with E-state index in [2.05, 4.69) is 4.98 Å². The number of hydrogen-bond donors (Lipinski definition) is 1. The lowest BCUT2D eigenvalue weighted by molar-refractivity contribution is -0.143. The van der Waals surface area contributed by atoms with E-state index in [-0.39, 0.29) is 17.7 Å². The van der Waals surface area contributed by atoms with Gasteiger partial charge in [-0.2, -0.15) is 0 Å². The SMILES string of the molecule is CCOC(=O)Cn1c(=O)cc(C)c2ccc(OC)cc21.COc1ccc2c(C)cc(=O)[nH]c2c1. The maximum atomic E-state index is 12.1. The Bertz CT molecular complexity index is 1450. The zero-order valence-corrected chi connectivity index (χ0v) is 19.9. The fraction of sp³-hybridized carbons (Fsp3) is 0.269. The summed E-state index contributed by atoms with van der Waals surface area (Å²) in [7, 11) is 3.17. The molecule has 0 unspecified atom stereocenters. The Kier molecular flexibility index (Phi) is 7.73. The largest absolute Gasteiger partial charge is 0.497 e. The molecule has 0 aliphatic heterocycles. The number of aromatic nitrogens is 2. The minimum absolute atomic E-state index is 0.0803. The molecule has 0 radical (unpaired) electrons. The third-order valence-corrected chi connectivity index (χ3v) is 5.38. The van der Waals surface area contributed by atoms with E-state index in [1.165, 1.54) is 10.6 Å². The molecular weight excluding hydrogens is 436 g/mol. The van der Waals surface area contributed by atoms with Gasteiger partial charge in [0.2, 0.25) is 5.56 Å². The summed E-state index contributed by atoms with van der Waals surface area (Å²) in [6.07, 6.45) is 0. The number of rotatable bonds is 5. The molecule has 8 heteroatoms. The van der Waals surface area contributed by atoms with Crippen LogP contribution in [0, 0.1) is 13.8 Å². The third kappa shape index (κ3) is 5.46. The van der Waals surface area contributed by atoms with Crippen molar-refractivity contribution in [3.63, 3.8) is 0 Å². The van der Waals surface area contributed by atoms with Gasteiger partial charge >= 0.3 is 5.97 Å². The number of fused-ring (bicyclic) bond motifs is 2. The topological polar surface area (TPSA) is 99.6 Å². The summed E-state index contributed by atoms with van der Waals surface area (Å²) >= 11 is 0. The summed E-state index contributed by atoms with van der Waals surface area (Å²) in [6, 6.07) is 14.2. The molecule has 0 atom stereocenters. The average molecular weight is 465 g/mol. The first-order valence-corrected chi connectivity index (χ1v) is 10.8. The molecule has 178 valence electrons. The highest BCUT2D eigenvalue weighted by molar-refractivity contribution is 5.85. The molecule has 1 N–H and O–H groups in total. The van der Waals surface area contributed by atoms with Crippen LogP contribution in [-0.4, -0.2) is 36.3 Å². The number of carbonyl (C=O) groups is 1. The van der Waals surface area contributed by atoms with E-state index in [4.69, 9.17) is 14.2 Å². The molecule has 4 rings (SSSR count). The first-order chi connectivity index (χ1) is 16.3. The highest BCUT2D eigenvalue weighted by atomic mass is 16.5. The molecule has 2 heterocycles. The average Bonchev–Trinajstić information content (AvgIpc) is 2.81. The van der Waals surface area contributed by atoms with Gasteiger partial charge in [0.1, 0.15) is 18.0 Å². The molecule has 34 heavy (non-hydrogen) atoms. The van der Waals surface area contributed by atoms with E-state index in [1.807, 2.05) is 44.2 Å². The molecular formula is C26H28N2O6. The quantitative estimate of drug-likeness (QED) is 0.452. The molecule has 2 aromatic heterocycles. The van der Waals surface area contributed by atoms with Crippen LogP contribution in [-0.2, 0) is 16.1 Å². The van der Waals surface area contributed by atoms with Crippen molar-refractivity contribution in [2.45, 2.75) is 27.3 Å². The van der Waals surface area contributed by atoms with Crippen molar-refractivity contribution in [3.8, 4) is 11.5 Å². The first kappa shape index (κ1) is 24.6. The van der Waals surface area contributed by atoms with Gasteiger partial charge in [-0.15, -0.1) is 0 Å². The zero-order chi connectivity index (χ0) is 24.8. The number of carbonyl (C=O) groups excluding carboxylic acids is 1. The summed E-state index contributed by atoms with van der Waals surface area (Å²) in [4.78, 5) is 37.7. The van der Waals surface area contributed by atoms with Gasteiger partial charge in [0.05, 0.1) is 31.9 Å². The Morgan fingerprint density at radius 1 is 0.882 bits per heavy atom. The maximum absolute atomic E-state index is 12.1. The van der Waals surface area contributed by atoms with Crippen molar-refractivity contribution in [3.05, 3.63) is 80.4 Å². The monoisotopic (exact) mass is 464 g/mol. The first-order valence-electron chi connectivity index (χ1n) is 10.8. The van der Waals surface area contributed by atoms with Crippen LogP contribution in [0.15, 0.2) is 58.1 Å². The molecule has 0 saturated heterocycles. The van der Waals surface area contributed by atoms with Crippen molar-refractivity contribution in [1.29, 1.82) is 0 Å². The molecule has 0 fully saturated rings. The van der Waals surface area contributed by atoms with Gasteiger partial charge < -0.3 is 19.2 Å². The molecule has 4 aromatic rings. The van der Waals surface area contributed by atoms with Crippen LogP contribution < -0.4 is 20.6 Å². The normalized spacial score (nSPS) is 10.5. The van der Waals surface area contributed by atoms with Crippen molar-refractivity contribution in [1.82, 2.24) is 9.55 Å². The van der Waals surface area contributed by atoms with E-state index in [0.29, 0.717) is 17.9 Å². The Hall–Kier alpha value is -4.07. The summed E-state index contributed by atoms with van der Waals surface area (Å²) in [6.45, 7) is 5.71. The number of nitrogens with one attached hydrogen (secondary N) is 1. The van der Waals surface area contributed by atoms with Crippen LogP contribution in [0.2, 0.25) is 0 Å². The van der Waals surface area contributed by atoms with Gasteiger partial charge in [0, 0.05) is 35.0 Å². The zero-order valence-electron chi connectivity index (χ0n) is 19.9. The fourth-order valence-corrected chi connectivity index (χ4v) is 3.69. The number of H-pyrrole nitrogens is 1. The second kappa shape index (κ2) is 10.7.